The van der Waals surface area contributed by atoms with Crippen molar-refractivity contribution >= 4 is 33.2 Å². The summed E-state index contributed by atoms with van der Waals surface area (Å²) in [5.74, 6) is 0. The summed E-state index contributed by atoms with van der Waals surface area (Å²) in [6, 6.07) is 11.2. The van der Waals surface area contributed by atoms with Crippen molar-refractivity contribution in [3.63, 3.8) is 0 Å². The van der Waals surface area contributed by atoms with Crippen LogP contribution in [0.3, 0.4) is 0 Å². The number of anilines is 2. The van der Waals surface area contributed by atoms with Gasteiger partial charge < -0.3 is 4.90 Å². The molecular formula is C17H17F3N2O2S2. The number of fused-ring (bicyclic) bond motifs is 2. The Morgan fingerprint density at radius 3 is 2.46 bits per heavy atom. The Hall–Kier alpha value is -1.71. The molecule has 0 atom stereocenters. The fourth-order valence-electron chi connectivity index (χ4n) is 2.74. The third kappa shape index (κ3) is 4.33. The molecule has 0 saturated carbocycles. The molecule has 3 rings (SSSR count). The number of nitrogens with zero attached hydrogens (tertiary/aromatic N) is 1. The molecule has 0 bridgehead atoms. The van der Waals surface area contributed by atoms with E-state index in [4.69, 9.17) is 0 Å². The van der Waals surface area contributed by atoms with Gasteiger partial charge in [0.1, 0.15) is 0 Å². The van der Waals surface area contributed by atoms with Gasteiger partial charge in [0.2, 0.25) is 10.0 Å². The van der Waals surface area contributed by atoms with Crippen LogP contribution < -0.4 is 9.62 Å². The van der Waals surface area contributed by atoms with Gasteiger partial charge in [-0.05, 0) is 36.8 Å². The van der Waals surface area contributed by atoms with Gasteiger partial charge in [0.05, 0.1) is 23.2 Å². The smallest absolute Gasteiger partial charge is 0.340 e. The monoisotopic (exact) mass is 402 g/mol. The third-order valence-corrected chi connectivity index (χ3v) is 5.73. The highest BCUT2D eigenvalue weighted by Gasteiger charge is 2.33. The second-order valence-corrected chi connectivity index (χ2v) is 8.84. The maximum Gasteiger partial charge on any atom is 0.416 e. The van der Waals surface area contributed by atoms with Crippen molar-refractivity contribution in [1.29, 1.82) is 0 Å². The molecule has 1 N–H and O–H groups in total. The van der Waals surface area contributed by atoms with Crippen LogP contribution in [0.15, 0.2) is 52.3 Å². The molecule has 0 aromatic heterocycles. The average Bonchev–Trinajstić information content (AvgIpc) is 2.55. The quantitative estimate of drug-likeness (QED) is 0.760. The summed E-state index contributed by atoms with van der Waals surface area (Å²) >= 11 is 1.43. The van der Waals surface area contributed by atoms with Gasteiger partial charge in [0, 0.05) is 22.9 Å². The second kappa shape index (κ2) is 7.13. The normalized spacial score (nSPS) is 14.1. The minimum Gasteiger partial charge on any atom is -0.340 e. The van der Waals surface area contributed by atoms with Gasteiger partial charge in [-0.2, -0.15) is 13.2 Å². The predicted octanol–water partition coefficient (Wildman–Crippen LogP) is 4.25. The molecule has 1 heterocycles. The maximum absolute atomic E-state index is 13.1. The lowest BCUT2D eigenvalue weighted by molar-refractivity contribution is -0.137. The molecule has 9 heteroatoms. The van der Waals surface area contributed by atoms with E-state index in [9.17, 15) is 21.6 Å². The van der Waals surface area contributed by atoms with Crippen LogP contribution in [0, 0.1) is 0 Å². The highest BCUT2D eigenvalue weighted by molar-refractivity contribution is 7.99. The zero-order valence-corrected chi connectivity index (χ0v) is 15.5. The van der Waals surface area contributed by atoms with Crippen molar-refractivity contribution in [2.75, 3.05) is 24.2 Å². The number of nitrogens with one attached hydrogen (secondary N) is 1. The number of benzene rings is 2. The number of sulfonamides is 1. The molecule has 4 nitrogen and oxygen atoms in total. The third-order valence-electron chi connectivity index (χ3n) is 3.88. The number of hydrogen-bond donors (Lipinski definition) is 1. The zero-order chi connectivity index (χ0) is 18.9. The Morgan fingerprint density at radius 2 is 1.77 bits per heavy atom. The van der Waals surface area contributed by atoms with Crippen molar-refractivity contribution in [2.24, 2.45) is 0 Å². The number of hydrogen-bond acceptors (Lipinski definition) is 4. The Labute approximate surface area is 154 Å². The van der Waals surface area contributed by atoms with Crippen molar-refractivity contribution in [1.82, 2.24) is 4.72 Å². The van der Waals surface area contributed by atoms with E-state index in [1.165, 1.54) is 17.8 Å². The number of alkyl halides is 3. The van der Waals surface area contributed by atoms with E-state index < -0.39 is 21.8 Å². The van der Waals surface area contributed by atoms with Gasteiger partial charge in [0.15, 0.2) is 0 Å². The molecule has 1 aliphatic rings. The van der Waals surface area contributed by atoms with E-state index in [2.05, 4.69) is 4.72 Å². The largest absolute Gasteiger partial charge is 0.416 e. The summed E-state index contributed by atoms with van der Waals surface area (Å²) in [6.45, 7) is 0.618. The van der Waals surface area contributed by atoms with Gasteiger partial charge in [-0.3, -0.25) is 0 Å². The lowest BCUT2D eigenvalue weighted by atomic mass is 10.1. The molecule has 0 saturated heterocycles. The molecule has 0 amide bonds. The minimum absolute atomic E-state index is 0.221. The highest BCUT2D eigenvalue weighted by Crippen LogP contribution is 2.49. The van der Waals surface area contributed by atoms with Crippen LogP contribution in [0.2, 0.25) is 0 Å². The fraction of sp³-hybridized carbons (Fsp3) is 0.294. The van der Waals surface area contributed by atoms with Crippen LogP contribution >= 0.6 is 11.8 Å². The second-order valence-electron chi connectivity index (χ2n) is 5.92. The van der Waals surface area contributed by atoms with Gasteiger partial charge in [-0.15, -0.1) is 0 Å². The average molecular weight is 402 g/mol. The summed E-state index contributed by atoms with van der Waals surface area (Å²) in [7, 11) is -3.30. The molecule has 1 aliphatic heterocycles. The Morgan fingerprint density at radius 1 is 1.08 bits per heavy atom. The van der Waals surface area contributed by atoms with Crippen LogP contribution in [0.4, 0.5) is 24.5 Å². The molecule has 0 fully saturated rings. The summed E-state index contributed by atoms with van der Waals surface area (Å²) in [4.78, 5) is 3.52. The Bertz CT molecular complexity index is 914. The Kier molecular flexibility index (Phi) is 5.23. The Balaban J connectivity index is 1.91. The van der Waals surface area contributed by atoms with Gasteiger partial charge in [0.25, 0.3) is 0 Å². The van der Waals surface area contributed by atoms with E-state index in [0.717, 1.165) is 33.9 Å². The summed E-state index contributed by atoms with van der Waals surface area (Å²) in [5.41, 5.74) is 0.613. The number of halogens is 3. The fourth-order valence-corrected chi connectivity index (χ4v) is 4.33. The van der Waals surface area contributed by atoms with Gasteiger partial charge in [-0.25, -0.2) is 13.1 Å². The molecule has 0 spiro atoms. The first kappa shape index (κ1) is 19.1. The number of rotatable bonds is 5. The predicted molar refractivity (Wildman–Crippen MR) is 96.5 cm³/mol. The molecular weight excluding hydrogens is 385 g/mol. The zero-order valence-electron chi connectivity index (χ0n) is 13.9. The van der Waals surface area contributed by atoms with E-state index in [0.29, 0.717) is 18.7 Å². The first-order chi connectivity index (χ1) is 12.1. The maximum atomic E-state index is 13.1. The highest BCUT2D eigenvalue weighted by atomic mass is 32.2. The topological polar surface area (TPSA) is 49.4 Å². The summed E-state index contributed by atoms with van der Waals surface area (Å²) in [5, 5.41) is 0. The molecule has 26 heavy (non-hydrogen) atoms. The lowest BCUT2D eigenvalue weighted by Crippen LogP contribution is -2.28. The minimum atomic E-state index is -4.42. The van der Waals surface area contributed by atoms with E-state index in [1.807, 2.05) is 29.2 Å². The van der Waals surface area contributed by atoms with Gasteiger partial charge in [-0.1, -0.05) is 23.9 Å². The van der Waals surface area contributed by atoms with Crippen molar-refractivity contribution in [2.45, 2.75) is 22.4 Å². The molecule has 0 aliphatic carbocycles. The summed E-state index contributed by atoms with van der Waals surface area (Å²) < 4.78 is 64.1. The van der Waals surface area contributed by atoms with E-state index in [-0.39, 0.29) is 6.54 Å². The SMILES string of the molecule is CS(=O)(=O)NCCCN1c2ccccc2Sc2ccc(C(F)(F)F)cc21. The van der Waals surface area contributed by atoms with E-state index >= 15 is 0 Å². The first-order valence-corrected chi connectivity index (χ1v) is 10.6. The van der Waals surface area contributed by atoms with Crippen LogP contribution in [-0.4, -0.2) is 27.8 Å². The van der Waals surface area contributed by atoms with Crippen LogP contribution in [0.25, 0.3) is 0 Å². The molecule has 0 radical (unpaired) electrons. The molecule has 0 unspecified atom stereocenters. The van der Waals surface area contributed by atoms with Crippen LogP contribution in [0.1, 0.15) is 12.0 Å². The summed E-state index contributed by atoms with van der Waals surface area (Å²) in [6.07, 6.45) is -2.88. The van der Waals surface area contributed by atoms with Crippen LogP contribution in [-0.2, 0) is 16.2 Å². The number of para-hydroxylation sites is 1. The van der Waals surface area contributed by atoms with Gasteiger partial charge >= 0.3 is 6.18 Å². The van der Waals surface area contributed by atoms with Crippen molar-refractivity contribution in [3.05, 3.63) is 48.0 Å². The standard InChI is InChI=1S/C17H17F3N2O2S2/c1-26(23,24)21-9-4-10-22-13-5-2-3-6-15(13)25-16-8-7-12(11-14(16)22)17(18,19)20/h2-3,5-8,11,21H,4,9-10H2,1H3. The lowest BCUT2D eigenvalue weighted by Gasteiger charge is -2.33. The van der Waals surface area contributed by atoms with Crippen LogP contribution in [0.5, 0.6) is 0 Å². The molecule has 2 aromatic carbocycles. The molecule has 140 valence electrons. The van der Waals surface area contributed by atoms with Crippen molar-refractivity contribution < 1.29 is 21.6 Å². The molecule has 2 aromatic rings. The van der Waals surface area contributed by atoms with Crippen molar-refractivity contribution in [3.8, 4) is 0 Å². The first-order valence-electron chi connectivity index (χ1n) is 7.85. The van der Waals surface area contributed by atoms with E-state index in [1.54, 1.807) is 0 Å².